The molecular formula is C33H41ClN2O7S. The molecule has 2 aromatic carbocycles. The van der Waals surface area contributed by atoms with E-state index in [-0.39, 0.29) is 35.2 Å². The number of aliphatic hydroxyl groups excluding tert-OH is 2. The summed E-state index contributed by atoms with van der Waals surface area (Å²) in [6, 6.07) is 11.1. The van der Waals surface area contributed by atoms with E-state index in [0.717, 1.165) is 37.8 Å². The number of hydrogen-bond donors (Lipinski definition) is 4. The third-order valence-corrected chi connectivity index (χ3v) is 12.1. The molecule has 0 saturated heterocycles. The van der Waals surface area contributed by atoms with Crippen molar-refractivity contribution in [3.05, 3.63) is 70.3 Å². The quantitative estimate of drug-likeness (QED) is 0.311. The number of sulfonamides is 1. The molecule has 0 aromatic heterocycles. The first-order valence-electron chi connectivity index (χ1n) is 15.5. The molecule has 44 heavy (non-hydrogen) atoms. The first-order valence-corrected chi connectivity index (χ1v) is 17.5. The Labute approximate surface area is 263 Å². The fraction of sp³-hybridized carbons (Fsp3) is 0.545. The van der Waals surface area contributed by atoms with Crippen LogP contribution in [0.2, 0.25) is 5.02 Å². The second-order valence-corrected chi connectivity index (χ2v) is 15.5. The highest BCUT2D eigenvalue weighted by atomic mass is 35.5. The van der Waals surface area contributed by atoms with Crippen molar-refractivity contribution in [1.82, 2.24) is 0 Å². The van der Waals surface area contributed by atoms with Crippen molar-refractivity contribution in [3.63, 3.8) is 0 Å². The summed E-state index contributed by atoms with van der Waals surface area (Å²) in [5.74, 6) is -0.427. The minimum absolute atomic E-state index is 0.0122. The van der Waals surface area contributed by atoms with Gasteiger partial charge in [0, 0.05) is 23.5 Å². The third kappa shape index (κ3) is 6.24. The second-order valence-electron chi connectivity index (χ2n) is 13.3. The predicted molar refractivity (Wildman–Crippen MR) is 169 cm³/mol. The van der Waals surface area contributed by atoms with Crippen molar-refractivity contribution in [2.24, 2.45) is 22.9 Å². The average molecular weight is 645 g/mol. The number of carboxylic acid groups (broad SMARTS) is 1. The van der Waals surface area contributed by atoms with Gasteiger partial charge in [-0.15, -0.1) is 0 Å². The number of fused-ring (bicyclic) bond motifs is 3. The summed E-state index contributed by atoms with van der Waals surface area (Å²) in [4.78, 5) is 14.2. The van der Waals surface area contributed by atoms with E-state index < -0.39 is 33.5 Å². The van der Waals surface area contributed by atoms with Gasteiger partial charge < -0.3 is 25.0 Å². The van der Waals surface area contributed by atoms with Crippen LogP contribution in [0.3, 0.4) is 0 Å². The van der Waals surface area contributed by atoms with Crippen LogP contribution >= 0.6 is 11.6 Å². The van der Waals surface area contributed by atoms with Gasteiger partial charge in [0.15, 0.2) is 0 Å². The number of benzene rings is 2. The zero-order chi connectivity index (χ0) is 31.2. The number of aromatic carboxylic acids is 1. The van der Waals surface area contributed by atoms with E-state index in [2.05, 4.69) is 11.0 Å². The fourth-order valence-corrected chi connectivity index (χ4v) is 9.49. The Morgan fingerprint density at radius 1 is 1.18 bits per heavy atom. The molecule has 4 aliphatic rings. The van der Waals surface area contributed by atoms with Crippen LogP contribution in [0.15, 0.2) is 48.6 Å². The molecule has 238 valence electrons. The highest BCUT2D eigenvalue weighted by Crippen LogP contribution is 2.47. The maximum absolute atomic E-state index is 12.0. The molecule has 3 aliphatic carbocycles. The lowest BCUT2D eigenvalue weighted by atomic mass is 9.68. The standard InChI is InChI=1S/C33H41ClN2O7S/c34-24-8-10-27-20(13-24)4-2-12-33(27)18-36(28-15-22(32(39)40)7-11-30(28)43-19-33)17-23-6-9-26(23)29(38)5-1-3-21-14-25(37)16-31(21)44(35,41)42/h1,5,7-8,10-11,13,15,21,23,25-26,29,31,37-38H,2-4,6,9,12,14,16-19H2,(H,39,40)(H2,35,41,42)/b5-1+/t21-,23+,25-,26-,29+,31-,33+/m1/s1. The Morgan fingerprint density at radius 2 is 2.00 bits per heavy atom. The molecule has 2 aromatic rings. The number of halogens is 1. The number of aryl methyl sites for hydroxylation is 1. The van der Waals surface area contributed by atoms with Gasteiger partial charge in [0.05, 0.1) is 35.3 Å². The van der Waals surface area contributed by atoms with Gasteiger partial charge in [-0.25, -0.2) is 18.4 Å². The number of rotatable bonds is 8. The Bertz CT molecular complexity index is 1550. The molecule has 0 amide bonds. The Balaban J connectivity index is 1.22. The van der Waals surface area contributed by atoms with Crippen LogP contribution in [-0.2, 0) is 21.9 Å². The maximum Gasteiger partial charge on any atom is 0.335 e. The molecule has 6 rings (SSSR count). The highest BCUT2D eigenvalue weighted by molar-refractivity contribution is 7.89. The molecule has 1 heterocycles. The summed E-state index contributed by atoms with van der Waals surface area (Å²) in [5.41, 5.74) is 3.13. The minimum Gasteiger partial charge on any atom is -0.490 e. The van der Waals surface area contributed by atoms with E-state index in [0.29, 0.717) is 43.3 Å². The van der Waals surface area contributed by atoms with Gasteiger partial charge in [-0.3, -0.25) is 0 Å². The fourth-order valence-electron chi connectivity index (χ4n) is 8.05. The number of aliphatic hydroxyl groups is 2. The normalized spacial score (nSPS) is 30.7. The van der Waals surface area contributed by atoms with Crippen LogP contribution < -0.4 is 14.8 Å². The lowest BCUT2D eigenvalue weighted by Gasteiger charge is -2.45. The van der Waals surface area contributed by atoms with Gasteiger partial charge in [0.1, 0.15) is 5.75 Å². The summed E-state index contributed by atoms with van der Waals surface area (Å²) >= 11 is 6.36. The molecule has 7 atom stereocenters. The van der Waals surface area contributed by atoms with E-state index in [1.165, 1.54) is 11.1 Å². The lowest BCUT2D eigenvalue weighted by molar-refractivity contribution is 0.0455. The van der Waals surface area contributed by atoms with Gasteiger partial charge in [-0.1, -0.05) is 29.8 Å². The summed E-state index contributed by atoms with van der Waals surface area (Å²) in [5, 5.41) is 36.3. The van der Waals surface area contributed by atoms with Crippen LogP contribution in [-0.4, -0.2) is 66.9 Å². The lowest BCUT2D eigenvalue weighted by Crippen LogP contribution is -2.49. The molecule has 9 nitrogen and oxygen atoms in total. The van der Waals surface area contributed by atoms with Gasteiger partial charge in [-0.05, 0) is 111 Å². The number of primary sulfonamides is 1. The summed E-state index contributed by atoms with van der Waals surface area (Å²) in [6.07, 6.45) is 7.83. The average Bonchev–Trinajstić information content (AvgIpc) is 3.26. The SMILES string of the molecule is NS(=O)(=O)[C@@H]1C[C@H](O)C[C@H]1C/C=C/[C@H](O)[C@@H]1CC[C@H]1CN1C[C@@]2(CCCc3cc(Cl)ccc32)COc2ccc(C(=O)O)cc21. The topological polar surface area (TPSA) is 150 Å². The number of ether oxygens (including phenoxy) is 1. The molecular weight excluding hydrogens is 604 g/mol. The number of hydrogen-bond acceptors (Lipinski definition) is 7. The van der Waals surface area contributed by atoms with Crippen molar-refractivity contribution < 1.29 is 33.3 Å². The van der Waals surface area contributed by atoms with Gasteiger partial charge in [-0.2, -0.15) is 0 Å². The highest BCUT2D eigenvalue weighted by Gasteiger charge is 2.44. The van der Waals surface area contributed by atoms with E-state index in [1.54, 1.807) is 24.3 Å². The van der Waals surface area contributed by atoms with Crippen molar-refractivity contribution >= 4 is 33.3 Å². The smallest absolute Gasteiger partial charge is 0.335 e. The molecule has 1 aliphatic heterocycles. The molecule has 0 unspecified atom stereocenters. The summed E-state index contributed by atoms with van der Waals surface area (Å²) < 4.78 is 30.4. The molecule has 1 spiro atoms. The number of carboxylic acids is 1. The number of allylic oxidation sites excluding steroid dienone is 1. The first-order chi connectivity index (χ1) is 20.9. The van der Waals surface area contributed by atoms with Gasteiger partial charge >= 0.3 is 5.97 Å². The number of anilines is 1. The van der Waals surface area contributed by atoms with E-state index in [4.69, 9.17) is 21.5 Å². The predicted octanol–water partition coefficient (Wildman–Crippen LogP) is 4.27. The van der Waals surface area contributed by atoms with Crippen molar-refractivity contribution in [3.8, 4) is 5.75 Å². The molecule has 0 radical (unpaired) electrons. The Morgan fingerprint density at radius 3 is 2.73 bits per heavy atom. The van der Waals surface area contributed by atoms with Crippen LogP contribution in [0, 0.1) is 17.8 Å². The Kier molecular flexibility index (Phi) is 8.75. The monoisotopic (exact) mass is 644 g/mol. The zero-order valence-corrected chi connectivity index (χ0v) is 26.2. The molecule has 5 N–H and O–H groups in total. The van der Waals surface area contributed by atoms with Crippen LogP contribution in [0.25, 0.3) is 0 Å². The number of nitrogens with zero attached hydrogens (tertiary/aromatic N) is 1. The Hall–Kier alpha value is -2.63. The number of nitrogens with two attached hydrogens (primary N) is 1. The first kappa shape index (κ1) is 31.4. The van der Waals surface area contributed by atoms with E-state index >= 15 is 0 Å². The van der Waals surface area contributed by atoms with Crippen molar-refractivity contribution in [2.75, 3.05) is 24.6 Å². The minimum atomic E-state index is -3.75. The largest absolute Gasteiger partial charge is 0.490 e. The van der Waals surface area contributed by atoms with Crippen molar-refractivity contribution in [1.29, 1.82) is 0 Å². The third-order valence-electron chi connectivity index (χ3n) is 10.5. The van der Waals surface area contributed by atoms with Crippen LogP contribution in [0.5, 0.6) is 5.75 Å². The summed E-state index contributed by atoms with van der Waals surface area (Å²) in [6.45, 7) is 1.78. The van der Waals surface area contributed by atoms with E-state index in [9.17, 15) is 28.5 Å². The van der Waals surface area contributed by atoms with Gasteiger partial charge in [0.25, 0.3) is 0 Å². The van der Waals surface area contributed by atoms with Crippen LogP contribution in [0.4, 0.5) is 5.69 Å². The molecule has 11 heteroatoms. The molecule has 2 fully saturated rings. The molecule has 0 bridgehead atoms. The maximum atomic E-state index is 12.0. The molecule has 2 saturated carbocycles. The second kappa shape index (κ2) is 12.3. The van der Waals surface area contributed by atoms with Crippen LogP contribution in [0.1, 0.15) is 66.4 Å². The van der Waals surface area contributed by atoms with Crippen molar-refractivity contribution in [2.45, 2.75) is 74.2 Å². The van der Waals surface area contributed by atoms with Gasteiger partial charge in [0.2, 0.25) is 10.0 Å². The summed E-state index contributed by atoms with van der Waals surface area (Å²) in [7, 11) is -3.75. The zero-order valence-electron chi connectivity index (χ0n) is 24.6. The van der Waals surface area contributed by atoms with E-state index in [1.807, 2.05) is 18.2 Å². The number of carbonyl (C=O) groups is 1.